The minimum atomic E-state index is -0.729. The number of aliphatic hydroxyl groups is 1. The maximum atomic E-state index is 10.2. The molecule has 1 atom stereocenters. The van der Waals surface area contributed by atoms with Gasteiger partial charge in [-0.1, -0.05) is 0 Å². The molecule has 1 N–H and O–H groups in total. The molecule has 1 aromatic rings. The Balaban J connectivity index is 2.22. The maximum absolute atomic E-state index is 10.2. The van der Waals surface area contributed by atoms with E-state index in [9.17, 15) is 5.11 Å². The SMILES string of the molecule is CCOc1cc(N2CCCC2C(C)(C)O)ncn1. The summed E-state index contributed by atoms with van der Waals surface area (Å²) >= 11 is 0. The molecule has 100 valence electrons. The zero-order valence-electron chi connectivity index (χ0n) is 11.3. The first kappa shape index (κ1) is 13.1. The van der Waals surface area contributed by atoms with Crippen molar-refractivity contribution in [3.05, 3.63) is 12.4 Å². The van der Waals surface area contributed by atoms with Crippen molar-refractivity contribution in [2.75, 3.05) is 18.1 Å². The van der Waals surface area contributed by atoms with Crippen LogP contribution < -0.4 is 9.64 Å². The zero-order chi connectivity index (χ0) is 13.2. The molecule has 1 saturated heterocycles. The van der Waals surface area contributed by atoms with Crippen LogP contribution >= 0.6 is 0 Å². The molecule has 1 aromatic heterocycles. The molecule has 0 spiro atoms. The lowest BCUT2D eigenvalue weighted by Crippen LogP contribution is -2.46. The molecule has 1 unspecified atom stereocenters. The topological polar surface area (TPSA) is 58.5 Å². The Morgan fingerprint density at radius 3 is 2.94 bits per heavy atom. The van der Waals surface area contributed by atoms with Crippen LogP contribution in [-0.2, 0) is 0 Å². The Kier molecular flexibility index (Phi) is 3.71. The second-order valence-corrected chi connectivity index (χ2v) is 5.15. The summed E-state index contributed by atoms with van der Waals surface area (Å²) in [4.78, 5) is 10.5. The largest absolute Gasteiger partial charge is 0.478 e. The quantitative estimate of drug-likeness (QED) is 0.881. The summed E-state index contributed by atoms with van der Waals surface area (Å²) in [5.41, 5.74) is -0.729. The summed E-state index contributed by atoms with van der Waals surface area (Å²) in [6.45, 7) is 7.13. The number of hydrogen-bond donors (Lipinski definition) is 1. The second kappa shape index (κ2) is 5.10. The fraction of sp³-hybridized carbons (Fsp3) is 0.692. The van der Waals surface area contributed by atoms with Crippen LogP contribution in [-0.4, -0.2) is 39.9 Å². The van der Waals surface area contributed by atoms with Gasteiger partial charge in [-0.2, -0.15) is 0 Å². The molecule has 1 fully saturated rings. The van der Waals surface area contributed by atoms with Crippen LogP contribution in [0.1, 0.15) is 33.6 Å². The predicted molar refractivity (Wildman–Crippen MR) is 69.9 cm³/mol. The molecular formula is C13H21N3O2. The molecule has 5 heteroatoms. The van der Waals surface area contributed by atoms with Crippen molar-refractivity contribution in [3.63, 3.8) is 0 Å². The van der Waals surface area contributed by atoms with E-state index in [0.717, 1.165) is 25.2 Å². The van der Waals surface area contributed by atoms with Crippen molar-refractivity contribution in [1.82, 2.24) is 9.97 Å². The van der Waals surface area contributed by atoms with Crippen molar-refractivity contribution in [1.29, 1.82) is 0 Å². The van der Waals surface area contributed by atoms with Crippen LogP contribution in [0.5, 0.6) is 5.88 Å². The molecule has 0 bridgehead atoms. The normalized spacial score (nSPS) is 20.2. The monoisotopic (exact) mass is 251 g/mol. The van der Waals surface area contributed by atoms with E-state index < -0.39 is 5.60 Å². The predicted octanol–water partition coefficient (Wildman–Crippen LogP) is 1.61. The molecule has 1 aliphatic rings. The van der Waals surface area contributed by atoms with Crippen molar-refractivity contribution in [2.24, 2.45) is 0 Å². The van der Waals surface area contributed by atoms with Crippen LogP contribution in [0.15, 0.2) is 12.4 Å². The van der Waals surface area contributed by atoms with Crippen LogP contribution in [0.25, 0.3) is 0 Å². The van der Waals surface area contributed by atoms with E-state index in [1.807, 2.05) is 26.8 Å². The Bertz CT molecular complexity index is 403. The number of aromatic nitrogens is 2. The van der Waals surface area contributed by atoms with Gasteiger partial charge in [0.15, 0.2) is 0 Å². The van der Waals surface area contributed by atoms with Gasteiger partial charge in [-0.25, -0.2) is 9.97 Å². The van der Waals surface area contributed by atoms with E-state index in [2.05, 4.69) is 14.9 Å². The van der Waals surface area contributed by atoms with E-state index >= 15 is 0 Å². The molecule has 2 heterocycles. The summed E-state index contributed by atoms with van der Waals surface area (Å²) in [5.74, 6) is 1.42. The third-order valence-corrected chi connectivity index (χ3v) is 3.28. The van der Waals surface area contributed by atoms with Crippen LogP contribution in [0.3, 0.4) is 0 Å². The summed E-state index contributed by atoms with van der Waals surface area (Å²) in [5, 5.41) is 10.2. The van der Waals surface area contributed by atoms with Gasteiger partial charge in [0.05, 0.1) is 18.2 Å². The van der Waals surface area contributed by atoms with Gasteiger partial charge >= 0.3 is 0 Å². The van der Waals surface area contributed by atoms with Gasteiger partial charge < -0.3 is 14.7 Å². The second-order valence-electron chi connectivity index (χ2n) is 5.15. The van der Waals surface area contributed by atoms with Crippen molar-refractivity contribution in [2.45, 2.75) is 45.3 Å². The van der Waals surface area contributed by atoms with Gasteiger partial charge in [0.2, 0.25) is 5.88 Å². The van der Waals surface area contributed by atoms with Gasteiger partial charge in [-0.15, -0.1) is 0 Å². The van der Waals surface area contributed by atoms with E-state index in [-0.39, 0.29) is 6.04 Å². The zero-order valence-corrected chi connectivity index (χ0v) is 11.3. The van der Waals surface area contributed by atoms with E-state index in [1.54, 1.807) is 0 Å². The Labute approximate surface area is 108 Å². The van der Waals surface area contributed by atoms with Crippen molar-refractivity contribution < 1.29 is 9.84 Å². The molecule has 0 saturated carbocycles. The highest BCUT2D eigenvalue weighted by Gasteiger charge is 2.36. The molecule has 0 radical (unpaired) electrons. The molecule has 0 aliphatic carbocycles. The third-order valence-electron chi connectivity index (χ3n) is 3.28. The molecule has 18 heavy (non-hydrogen) atoms. The van der Waals surface area contributed by atoms with Crippen molar-refractivity contribution in [3.8, 4) is 5.88 Å². The average molecular weight is 251 g/mol. The van der Waals surface area contributed by atoms with Gasteiger partial charge in [-0.3, -0.25) is 0 Å². The van der Waals surface area contributed by atoms with Crippen LogP contribution in [0.4, 0.5) is 5.82 Å². The number of nitrogens with zero attached hydrogens (tertiary/aromatic N) is 3. The highest BCUT2D eigenvalue weighted by molar-refractivity contribution is 5.44. The third kappa shape index (κ3) is 2.72. The minimum absolute atomic E-state index is 0.0990. The van der Waals surface area contributed by atoms with E-state index in [1.165, 1.54) is 6.33 Å². The Morgan fingerprint density at radius 2 is 2.28 bits per heavy atom. The highest BCUT2D eigenvalue weighted by Crippen LogP contribution is 2.31. The minimum Gasteiger partial charge on any atom is -0.478 e. The fourth-order valence-electron chi connectivity index (χ4n) is 2.49. The maximum Gasteiger partial charge on any atom is 0.218 e. The lowest BCUT2D eigenvalue weighted by Gasteiger charge is -2.34. The highest BCUT2D eigenvalue weighted by atomic mass is 16.5. The summed E-state index contributed by atoms with van der Waals surface area (Å²) in [6.07, 6.45) is 3.57. The van der Waals surface area contributed by atoms with E-state index in [0.29, 0.717) is 12.5 Å². The lowest BCUT2D eigenvalue weighted by molar-refractivity contribution is 0.0532. The Morgan fingerprint density at radius 1 is 1.50 bits per heavy atom. The smallest absolute Gasteiger partial charge is 0.218 e. The molecular weight excluding hydrogens is 230 g/mol. The summed E-state index contributed by atoms with van der Waals surface area (Å²) in [6, 6.07) is 1.94. The first-order chi connectivity index (χ1) is 8.52. The van der Waals surface area contributed by atoms with Crippen molar-refractivity contribution >= 4 is 5.82 Å². The number of anilines is 1. The lowest BCUT2D eigenvalue weighted by atomic mass is 9.97. The van der Waals surface area contributed by atoms with Crippen LogP contribution in [0, 0.1) is 0 Å². The Hall–Kier alpha value is -1.36. The summed E-state index contributed by atoms with van der Waals surface area (Å²) < 4.78 is 5.39. The molecule has 2 rings (SSSR count). The first-order valence-corrected chi connectivity index (χ1v) is 6.46. The molecule has 0 amide bonds. The summed E-state index contributed by atoms with van der Waals surface area (Å²) in [7, 11) is 0. The number of ether oxygens (including phenoxy) is 1. The van der Waals surface area contributed by atoms with Gasteiger partial charge in [0.1, 0.15) is 12.1 Å². The van der Waals surface area contributed by atoms with E-state index in [4.69, 9.17) is 4.74 Å². The van der Waals surface area contributed by atoms with Gasteiger partial charge in [0.25, 0.3) is 0 Å². The fourth-order valence-corrected chi connectivity index (χ4v) is 2.49. The van der Waals surface area contributed by atoms with Gasteiger partial charge in [0, 0.05) is 12.6 Å². The molecule has 1 aliphatic heterocycles. The van der Waals surface area contributed by atoms with Gasteiger partial charge in [-0.05, 0) is 33.6 Å². The average Bonchev–Trinajstić information content (AvgIpc) is 2.78. The first-order valence-electron chi connectivity index (χ1n) is 6.46. The number of rotatable bonds is 4. The standard InChI is InChI=1S/C13H21N3O2/c1-4-18-12-8-11(14-9-15-12)16-7-5-6-10(16)13(2,3)17/h8-10,17H,4-7H2,1-3H3. The van der Waals surface area contributed by atoms with Crippen LogP contribution in [0.2, 0.25) is 0 Å². The number of hydrogen-bond acceptors (Lipinski definition) is 5. The molecule has 5 nitrogen and oxygen atoms in total. The molecule has 0 aromatic carbocycles.